The zero-order valence-corrected chi connectivity index (χ0v) is 12.2. The van der Waals surface area contributed by atoms with E-state index in [1.54, 1.807) is 7.05 Å². The van der Waals surface area contributed by atoms with Gasteiger partial charge in [0, 0.05) is 26.2 Å². The van der Waals surface area contributed by atoms with Gasteiger partial charge in [-0.15, -0.1) is 0 Å². The fourth-order valence-corrected chi connectivity index (χ4v) is 2.45. The lowest BCUT2D eigenvalue weighted by Crippen LogP contribution is -2.33. The summed E-state index contributed by atoms with van der Waals surface area (Å²) in [6, 6.07) is 0.397. The van der Waals surface area contributed by atoms with Crippen molar-refractivity contribution >= 4 is 10.0 Å². The van der Waals surface area contributed by atoms with E-state index in [0.29, 0.717) is 32.2 Å². The summed E-state index contributed by atoms with van der Waals surface area (Å²) in [6.07, 6.45) is 0.638. The van der Waals surface area contributed by atoms with E-state index in [1.807, 2.05) is 20.8 Å². The molecule has 0 heterocycles. The Kier molecular flexibility index (Phi) is 8.77. The molecule has 0 fully saturated rings. The van der Waals surface area contributed by atoms with E-state index >= 15 is 0 Å². The molecule has 5 nitrogen and oxygen atoms in total. The molecule has 0 spiro atoms. The van der Waals surface area contributed by atoms with Crippen molar-refractivity contribution in [2.45, 2.75) is 33.2 Å². The zero-order chi connectivity index (χ0) is 13.3. The third kappa shape index (κ3) is 8.54. The summed E-state index contributed by atoms with van der Waals surface area (Å²) in [5.74, 6) is 0.190. The van der Waals surface area contributed by atoms with Gasteiger partial charge in [0.2, 0.25) is 10.0 Å². The first-order chi connectivity index (χ1) is 7.90. The Morgan fingerprint density at radius 2 is 2.00 bits per heavy atom. The number of rotatable bonds is 10. The number of likely N-dealkylation sites (N-methyl/N-ethyl adjacent to an activating group) is 1. The van der Waals surface area contributed by atoms with Crippen molar-refractivity contribution in [3.8, 4) is 0 Å². The smallest absolute Gasteiger partial charge is 0.213 e. The summed E-state index contributed by atoms with van der Waals surface area (Å²) in [6.45, 7) is 8.21. The van der Waals surface area contributed by atoms with Gasteiger partial charge in [0.15, 0.2) is 0 Å². The van der Waals surface area contributed by atoms with Crippen molar-refractivity contribution in [1.82, 2.24) is 9.62 Å². The minimum absolute atomic E-state index is 0.190. The number of hydrogen-bond donors (Lipinski definition) is 1. The second-order valence-corrected chi connectivity index (χ2v) is 6.49. The van der Waals surface area contributed by atoms with Gasteiger partial charge in [-0.25, -0.2) is 12.7 Å². The lowest BCUT2D eigenvalue weighted by Gasteiger charge is -2.17. The molecule has 6 heteroatoms. The molecule has 1 N–H and O–H groups in total. The fraction of sp³-hybridized carbons (Fsp3) is 1.00. The standard InChI is InChI=1S/C11H26N2O3S/c1-5-16-9-8-13(4)17(14,15)10-6-7-12-11(2)3/h11-12H,5-10H2,1-4H3. The number of nitrogens with zero attached hydrogens (tertiary/aromatic N) is 1. The molecule has 0 unspecified atom stereocenters. The summed E-state index contributed by atoms with van der Waals surface area (Å²) in [4.78, 5) is 0. The monoisotopic (exact) mass is 266 g/mol. The number of nitrogens with one attached hydrogen (secondary N) is 1. The first-order valence-electron chi connectivity index (χ1n) is 6.15. The molecule has 0 saturated carbocycles. The highest BCUT2D eigenvalue weighted by atomic mass is 32.2. The Morgan fingerprint density at radius 3 is 2.53 bits per heavy atom. The Morgan fingerprint density at radius 1 is 1.35 bits per heavy atom. The topological polar surface area (TPSA) is 58.6 Å². The molecule has 0 radical (unpaired) electrons. The predicted octanol–water partition coefficient (Wildman–Crippen LogP) is 0.673. The van der Waals surface area contributed by atoms with Gasteiger partial charge < -0.3 is 10.1 Å². The third-order valence-corrected chi connectivity index (χ3v) is 4.30. The van der Waals surface area contributed by atoms with Crippen LogP contribution in [0.15, 0.2) is 0 Å². The van der Waals surface area contributed by atoms with Crippen LogP contribution >= 0.6 is 0 Å². The van der Waals surface area contributed by atoms with Crippen LogP contribution in [-0.4, -0.2) is 57.9 Å². The SMILES string of the molecule is CCOCCN(C)S(=O)(=O)CCCNC(C)C. The van der Waals surface area contributed by atoms with Crippen molar-refractivity contribution < 1.29 is 13.2 Å². The van der Waals surface area contributed by atoms with Gasteiger partial charge in [-0.2, -0.15) is 0 Å². The highest BCUT2D eigenvalue weighted by Gasteiger charge is 2.16. The Balaban J connectivity index is 3.85. The summed E-state index contributed by atoms with van der Waals surface area (Å²) < 4.78 is 30.1. The molecule has 0 aromatic rings. The van der Waals surface area contributed by atoms with Gasteiger partial charge in [-0.3, -0.25) is 0 Å². The van der Waals surface area contributed by atoms with Gasteiger partial charge in [0.1, 0.15) is 0 Å². The molecular formula is C11H26N2O3S. The van der Waals surface area contributed by atoms with Crippen molar-refractivity contribution in [3.05, 3.63) is 0 Å². The van der Waals surface area contributed by atoms with E-state index in [4.69, 9.17) is 4.74 Å². The first kappa shape index (κ1) is 16.8. The summed E-state index contributed by atoms with van der Waals surface area (Å²) in [5.41, 5.74) is 0. The van der Waals surface area contributed by atoms with Crippen LogP contribution in [0.1, 0.15) is 27.2 Å². The molecule has 0 aliphatic carbocycles. The summed E-state index contributed by atoms with van der Waals surface area (Å²) >= 11 is 0. The second-order valence-electron chi connectivity index (χ2n) is 4.30. The van der Waals surface area contributed by atoms with Crippen LogP contribution in [0.2, 0.25) is 0 Å². The highest BCUT2D eigenvalue weighted by molar-refractivity contribution is 7.89. The minimum atomic E-state index is -3.13. The van der Waals surface area contributed by atoms with E-state index in [1.165, 1.54) is 4.31 Å². The van der Waals surface area contributed by atoms with Crippen LogP contribution in [-0.2, 0) is 14.8 Å². The van der Waals surface area contributed by atoms with Crippen LogP contribution in [0.5, 0.6) is 0 Å². The summed E-state index contributed by atoms with van der Waals surface area (Å²) in [5, 5.41) is 3.20. The van der Waals surface area contributed by atoms with Gasteiger partial charge in [-0.05, 0) is 19.9 Å². The van der Waals surface area contributed by atoms with Crippen LogP contribution in [0, 0.1) is 0 Å². The fourth-order valence-electron chi connectivity index (χ4n) is 1.28. The Labute approximate surface area is 106 Å². The van der Waals surface area contributed by atoms with Crippen LogP contribution < -0.4 is 5.32 Å². The normalized spacial score (nSPS) is 12.6. The molecular weight excluding hydrogens is 240 g/mol. The molecule has 0 aromatic heterocycles. The van der Waals surface area contributed by atoms with E-state index in [2.05, 4.69) is 5.32 Å². The van der Waals surface area contributed by atoms with Gasteiger partial charge >= 0.3 is 0 Å². The average Bonchev–Trinajstić information content (AvgIpc) is 2.24. The van der Waals surface area contributed by atoms with Crippen molar-refractivity contribution in [2.75, 3.05) is 39.1 Å². The molecule has 0 aliphatic heterocycles. The van der Waals surface area contributed by atoms with Gasteiger partial charge in [0.25, 0.3) is 0 Å². The second kappa shape index (κ2) is 8.85. The van der Waals surface area contributed by atoms with Crippen LogP contribution in [0.25, 0.3) is 0 Å². The zero-order valence-electron chi connectivity index (χ0n) is 11.4. The van der Waals surface area contributed by atoms with Crippen molar-refractivity contribution in [1.29, 1.82) is 0 Å². The maximum atomic E-state index is 11.8. The molecule has 0 saturated heterocycles. The maximum Gasteiger partial charge on any atom is 0.213 e. The summed E-state index contributed by atoms with van der Waals surface area (Å²) in [7, 11) is -1.52. The minimum Gasteiger partial charge on any atom is -0.380 e. The predicted molar refractivity (Wildman–Crippen MR) is 70.7 cm³/mol. The number of sulfonamides is 1. The number of ether oxygens (including phenoxy) is 1. The molecule has 104 valence electrons. The van der Waals surface area contributed by atoms with Gasteiger partial charge in [0.05, 0.1) is 12.4 Å². The Bertz CT molecular complexity index is 278. The lowest BCUT2D eigenvalue weighted by atomic mass is 10.4. The van der Waals surface area contributed by atoms with E-state index in [-0.39, 0.29) is 5.75 Å². The van der Waals surface area contributed by atoms with Gasteiger partial charge in [-0.1, -0.05) is 13.8 Å². The largest absolute Gasteiger partial charge is 0.380 e. The van der Waals surface area contributed by atoms with E-state index in [0.717, 1.165) is 6.54 Å². The molecule has 0 atom stereocenters. The average molecular weight is 266 g/mol. The lowest BCUT2D eigenvalue weighted by molar-refractivity contribution is 0.138. The van der Waals surface area contributed by atoms with Crippen LogP contribution in [0.4, 0.5) is 0 Å². The van der Waals surface area contributed by atoms with E-state index in [9.17, 15) is 8.42 Å². The molecule has 17 heavy (non-hydrogen) atoms. The number of hydrogen-bond acceptors (Lipinski definition) is 4. The van der Waals surface area contributed by atoms with E-state index < -0.39 is 10.0 Å². The molecule has 0 aliphatic rings. The Hall–Kier alpha value is -0.170. The van der Waals surface area contributed by atoms with Crippen molar-refractivity contribution in [3.63, 3.8) is 0 Å². The van der Waals surface area contributed by atoms with Crippen molar-refractivity contribution in [2.24, 2.45) is 0 Å². The molecule has 0 amide bonds. The molecule has 0 rings (SSSR count). The van der Waals surface area contributed by atoms with Crippen LogP contribution in [0.3, 0.4) is 0 Å². The quantitative estimate of drug-likeness (QED) is 0.591. The molecule has 0 aromatic carbocycles. The highest BCUT2D eigenvalue weighted by Crippen LogP contribution is 2.00. The first-order valence-corrected chi connectivity index (χ1v) is 7.76. The third-order valence-electron chi connectivity index (χ3n) is 2.36. The maximum absolute atomic E-state index is 11.8. The molecule has 0 bridgehead atoms.